The van der Waals surface area contributed by atoms with Crippen LogP contribution in [0.15, 0.2) is 64.5 Å². The van der Waals surface area contributed by atoms with Crippen molar-refractivity contribution in [2.45, 2.75) is 6.92 Å². The fourth-order valence-electron chi connectivity index (χ4n) is 2.37. The molecule has 136 valence electrons. The van der Waals surface area contributed by atoms with Crippen LogP contribution in [0.25, 0.3) is 17.2 Å². The maximum atomic E-state index is 12.2. The Bertz CT molecular complexity index is 975. The molecule has 0 spiro atoms. The first kappa shape index (κ1) is 19.2. The van der Waals surface area contributed by atoms with E-state index in [0.717, 1.165) is 20.6 Å². The molecule has 0 amide bonds. The minimum Gasteiger partial charge on any atom is -0.454 e. The highest BCUT2D eigenvalue weighted by atomic mass is 79.9. The Labute approximate surface area is 169 Å². The Morgan fingerprint density at radius 1 is 1.07 bits per heavy atom. The van der Waals surface area contributed by atoms with Crippen LogP contribution in [0.1, 0.15) is 21.1 Å². The zero-order valence-corrected chi connectivity index (χ0v) is 16.9. The Morgan fingerprint density at radius 2 is 1.70 bits per heavy atom. The van der Waals surface area contributed by atoms with E-state index in [9.17, 15) is 9.59 Å². The number of aryl methyl sites for hydroxylation is 1. The van der Waals surface area contributed by atoms with Gasteiger partial charge in [0.25, 0.3) is 0 Å². The normalized spacial score (nSPS) is 10.9. The van der Waals surface area contributed by atoms with Crippen LogP contribution < -0.4 is 0 Å². The van der Waals surface area contributed by atoms with Crippen molar-refractivity contribution in [3.8, 4) is 11.1 Å². The Kier molecular flexibility index (Phi) is 6.32. The van der Waals surface area contributed by atoms with E-state index >= 15 is 0 Å². The van der Waals surface area contributed by atoms with Crippen molar-refractivity contribution in [2.75, 3.05) is 6.61 Å². The van der Waals surface area contributed by atoms with E-state index in [1.807, 2.05) is 48.7 Å². The van der Waals surface area contributed by atoms with Crippen molar-refractivity contribution in [3.05, 3.63) is 80.7 Å². The van der Waals surface area contributed by atoms with E-state index in [0.29, 0.717) is 11.3 Å². The molecule has 27 heavy (non-hydrogen) atoms. The Balaban J connectivity index is 1.55. The molecule has 0 aliphatic rings. The number of halogens is 1. The van der Waals surface area contributed by atoms with Crippen molar-refractivity contribution >= 4 is 45.1 Å². The van der Waals surface area contributed by atoms with Crippen LogP contribution >= 0.6 is 27.3 Å². The second-order valence-corrected chi connectivity index (χ2v) is 7.72. The average Bonchev–Trinajstić information content (AvgIpc) is 3.10. The zero-order chi connectivity index (χ0) is 19.2. The van der Waals surface area contributed by atoms with Gasteiger partial charge < -0.3 is 4.74 Å². The standard InChI is InChI=1S/C21H16BrNO3S/c1-14-23-19(13-27-14)10-11-21(25)26-12-20(24)17-4-2-15(3-5-17)16-6-8-18(22)9-7-16/h2-11,13H,12H2,1H3/b11-10+. The molecule has 0 N–H and O–H groups in total. The number of hydrogen-bond acceptors (Lipinski definition) is 5. The summed E-state index contributed by atoms with van der Waals surface area (Å²) in [6.45, 7) is 1.60. The average molecular weight is 442 g/mol. The highest BCUT2D eigenvalue weighted by Gasteiger charge is 2.09. The predicted molar refractivity (Wildman–Crippen MR) is 111 cm³/mol. The molecule has 1 heterocycles. The van der Waals surface area contributed by atoms with Crippen LogP contribution in [0.3, 0.4) is 0 Å². The summed E-state index contributed by atoms with van der Waals surface area (Å²) in [7, 11) is 0. The Hall–Kier alpha value is -2.57. The van der Waals surface area contributed by atoms with E-state index in [-0.39, 0.29) is 12.4 Å². The summed E-state index contributed by atoms with van der Waals surface area (Å²) in [6.07, 6.45) is 2.85. The largest absolute Gasteiger partial charge is 0.454 e. The topological polar surface area (TPSA) is 56.3 Å². The van der Waals surface area contributed by atoms with E-state index in [2.05, 4.69) is 20.9 Å². The molecule has 1 aromatic heterocycles. The lowest BCUT2D eigenvalue weighted by Gasteiger charge is -2.05. The van der Waals surface area contributed by atoms with E-state index in [1.54, 1.807) is 18.2 Å². The number of benzene rings is 2. The first-order valence-corrected chi connectivity index (χ1v) is 9.85. The fraction of sp³-hybridized carbons (Fsp3) is 0.0952. The van der Waals surface area contributed by atoms with E-state index in [1.165, 1.54) is 17.4 Å². The summed E-state index contributed by atoms with van der Waals surface area (Å²) in [5.41, 5.74) is 3.27. The number of aromatic nitrogens is 1. The maximum absolute atomic E-state index is 12.2. The van der Waals surface area contributed by atoms with Gasteiger partial charge in [0.2, 0.25) is 0 Å². The van der Waals surface area contributed by atoms with Crippen molar-refractivity contribution in [1.82, 2.24) is 4.98 Å². The number of carbonyl (C=O) groups is 2. The number of esters is 1. The zero-order valence-electron chi connectivity index (χ0n) is 14.5. The molecule has 3 rings (SSSR count). The first-order valence-electron chi connectivity index (χ1n) is 8.17. The summed E-state index contributed by atoms with van der Waals surface area (Å²) < 4.78 is 6.02. The predicted octanol–water partition coefficient (Wildman–Crippen LogP) is 5.32. The third-order valence-corrected chi connectivity index (χ3v) is 5.08. The van der Waals surface area contributed by atoms with Crippen molar-refractivity contribution < 1.29 is 14.3 Å². The van der Waals surface area contributed by atoms with Gasteiger partial charge in [-0.15, -0.1) is 11.3 Å². The molecule has 3 aromatic rings. The van der Waals surface area contributed by atoms with Crippen LogP contribution in [0.5, 0.6) is 0 Å². The summed E-state index contributed by atoms with van der Waals surface area (Å²) >= 11 is 4.91. The van der Waals surface area contributed by atoms with Crippen LogP contribution in [-0.2, 0) is 9.53 Å². The highest BCUT2D eigenvalue weighted by Crippen LogP contribution is 2.22. The number of ketones is 1. The molecular formula is C21H16BrNO3S. The summed E-state index contributed by atoms with van der Waals surface area (Å²) in [6, 6.07) is 15.2. The van der Waals surface area contributed by atoms with E-state index in [4.69, 9.17) is 4.74 Å². The third kappa shape index (κ3) is 5.45. The lowest BCUT2D eigenvalue weighted by atomic mass is 10.0. The van der Waals surface area contributed by atoms with Crippen LogP contribution in [0.4, 0.5) is 0 Å². The molecule has 0 radical (unpaired) electrons. The van der Waals surface area contributed by atoms with Gasteiger partial charge in [-0.3, -0.25) is 4.79 Å². The monoisotopic (exact) mass is 441 g/mol. The molecule has 2 aromatic carbocycles. The molecular weight excluding hydrogens is 426 g/mol. The number of hydrogen-bond donors (Lipinski definition) is 0. The minimum atomic E-state index is -0.569. The lowest BCUT2D eigenvalue weighted by molar-refractivity contribution is -0.136. The lowest BCUT2D eigenvalue weighted by Crippen LogP contribution is -2.12. The molecule has 0 bridgehead atoms. The summed E-state index contributed by atoms with van der Waals surface area (Å²) in [5.74, 6) is -0.816. The summed E-state index contributed by atoms with van der Waals surface area (Å²) in [5, 5.41) is 2.77. The van der Waals surface area contributed by atoms with Gasteiger partial charge in [0.1, 0.15) is 0 Å². The van der Waals surface area contributed by atoms with Gasteiger partial charge in [-0.2, -0.15) is 0 Å². The van der Waals surface area contributed by atoms with E-state index < -0.39 is 5.97 Å². The van der Waals surface area contributed by atoms with Gasteiger partial charge in [0.15, 0.2) is 12.4 Å². The van der Waals surface area contributed by atoms with Gasteiger partial charge in [-0.1, -0.05) is 52.3 Å². The van der Waals surface area contributed by atoms with Gasteiger partial charge in [-0.25, -0.2) is 9.78 Å². The second-order valence-electron chi connectivity index (χ2n) is 5.74. The Morgan fingerprint density at radius 3 is 2.30 bits per heavy atom. The number of rotatable bonds is 6. The van der Waals surface area contributed by atoms with Crippen LogP contribution in [-0.4, -0.2) is 23.3 Å². The third-order valence-electron chi connectivity index (χ3n) is 3.76. The van der Waals surface area contributed by atoms with Crippen molar-refractivity contribution in [1.29, 1.82) is 0 Å². The number of carbonyl (C=O) groups excluding carboxylic acids is 2. The van der Waals surface area contributed by atoms with Gasteiger partial charge in [-0.05, 0) is 36.3 Å². The molecule has 0 atom stereocenters. The molecule has 0 saturated carbocycles. The van der Waals surface area contributed by atoms with Gasteiger partial charge in [0, 0.05) is 21.5 Å². The molecule has 0 aliphatic heterocycles. The second kappa shape index (κ2) is 8.88. The summed E-state index contributed by atoms with van der Waals surface area (Å²) in [4.78, 5) is 28.2. The number of thiazole rings is 1. The van der Waals surface area contributed by atoms with Gasteiger partial charge in [0.05, 0.1) is 10.7 Å². The molecule has 0 saturated heterocycles. The fourth-order valence-corrected chi connectivity index (χ4v) is 3.21. The molecule has 0 fully saturated rings. The quantitative estimate of drug-likeness (QED) is 0.295. The molecule has 0 aliphatic carbocycles. The van der Waals surface area contributed by atoms with Crippen LogP contribution in [0, 0.1) is 6.92 Å². The van der Waals surface area contributed by atoms with Crippen LogP contribution in [0.2, 0.25) is 0 Å². The SMILES string of the molecule is Cc1nc(/C=C/C(=O)OCC(=O)c2ccc(-c3ccc(Br)cc3)cc2)cs1. The molecule has 0 unspecified atom stereocenters. The number of Topliss-reactive ketones (excluding diaryl/α,β-unsaturated/α-hetero) is 1. The molecule has 4 nitrogen and oxygen atoms in total. The minimum absolute atomic E-state index is 0.247. The first-order chi connectivity index (χ1) is 13.0. The number of ether oxygens (including phenoxy) is 1. The highest BCUT2D eigenvalue weighted by molar-refractivity contribution is 9.10. The molecule has 6 heteroatoms. The van der Waals surface area contributed by atoms with Crippen molar-refractivity contribution in [3.63, 3.8) is 0 Å². The van der Waals surface area contributed by atoms with Crippen molar-refractivity contribution in [2.24, 2.45) is 0 Å². The number of nitrogens with zero attached hydrogens (tertiary/aromatic N) is 1. The van der Waals surface area contributed by atoms with Gasteiger partial charge >= 0.3 is 5.97 Å². The smallest absolute Gasteiger partial charge is 0.331 e. The maximum Gasteiger partial charge on any atom is 0.331 e.